The molecule has 1 saturated heterocycles. The first-order chi connectivity index (χ1) is 22.0. The minimum Gasteiger partial charge on any atom is -0.460 e. The third kappa shape index (κ3) is 7.03. The molecule has 0 radical (unpaired) electrons. The van der Waals surface area contributed by atoms with Crippen LogP contribution in [0.15, 0.2) is 99.8 Å². The summed E-state index contributed by atoms with van der Waals surface area (Å²) in [6.45, 7) is 0.303. The highest BCUT2D eigenvalue weighted by atomic mass is 31.2. The Labute approximate surface area is 260 Å². The zero-order valence-corrected chi connectivity index (χ0v) is 25.1. The monoisotopic (exact) mass is 652 g/mol. The molecule has 17 heteroatoms. The molecule has 1 aliphatic rings. The van der Waals surface area contributed by atoms with Crippen LogP contribution in [0.1, 0.15) is 18.7 Å². The smallest absolute Gasteiger partial charge is 0.459 e. The highest BCUT2D eigenvalue weighted by Crippen LogP contribution is 2.49. The minimum absolute atomic E-state index is 0.0650. The van der Waals surface area contributed by atoms with Gasteiger partial charge < -0.3 is 24.2 Å². The lowest BCUT2D eigenvalue weighted by Gasteiger charge is -2.29. The van der Waals surface area contributed by atoms with E-state index < -0.39 is 61.8 Å². The lowest BCUT2D eigenvalue weighted by atomic mass is 10.1. The molecule has 5 rings (SSSR count). The second-order valence-corrected chi connectivity index (χ2v) is 12.0. The predicted molar refractivity (Wildman–Crippen MR) is 162 cm³/mol. The summed E-state index contributed by atoms with van der Waals surface area (Å²) in [7, 11) is -4.65. The minimum atomic E-state index is -4.65. The van der Waals surface area contributed by atoms with E-state index in [1.807, 2.05) is 11.1 Å². The number of hydrogen-bond acceptors (Lipinski definition) is 11. The number of hydrogen-bond donors (Lipinski definition) is 4. The maximum absolute atomic E-state index is 14.4. The van der Waals surface area contributed by atoms with Crippen LogP contribution in [0.5, 0.6) is 5.75 Å². The molecule has 1 fully saturated rings. The maximum Gasteiger partial charge on any atom is 0.459 e. The lowest BCUT2D eigenvalue weighted by molar-refractivity contribution is -0.146. The number of carbonyl (C=O) groups is 1. The normalized spacial score (nSPS) is 22.8. The quantitative estimate of drug-likeness (QED) is 0.0572. The fourth-order valence-electron chi connectivity index (χ4n) is 4.74. The Hall–Kier alpha value is -4.79. The molecule has 16 nitrogen and oxygen atoms in total. The Balaban J connectivity index is 1.43. The Kier molecular flexibility index (Phi) is 9.70. The van der Waals surface area contributed by atoms with Crippen molar-refractivity contribution < 1.29 is 38.1 Å². The summed E-state index contributed by atoms with van der Waals surface area (Å²) in [6, 6.07) is 20.6. The number of nitrogens with one attached hydrogen (secondary N) is 2. The van der Waals surface area contributed by atoms with Gasteiger partial charge in [0.15, 0.2) is 6.23 Å². The average molecular weight is 653 g/mol. The van der Waals surface area contributed by atoms with E-state index in [0.717, 1.165) is 22.2 Å². The first kappa shape index (κ1) is 32.6. The number of ether oxygens (including phenoxy) is 2. The molecule has 4 N–H and O–H groups in total. The van der Waals surface area contributed by atoms with Crippen molar-refractivity contribution in [2.24, 2.45) is 5.11 Å². The Morgan fingerprint density at radius 1 is 1.13 bits per heavy atom. The molecule has 46 heavy (non-hydrogen) atoms. The molecule has 6 atom stereocenters. The summed E-state index contributed by atoms with van der Waals surface area (Å²) < 4.78 is 37.7. The van der Waals surface area contributed by atoms with Gasteiger partial charge in [-0.2, -0.15) is 5.09 Å². The van der Waals surface area contributed by atoms with Crippen molar-refractivity contribution in [3.63, 3.8) is 0 Å². The van der Waals surface area contributed by atoms with E-state index in [1.54, 1.807) is 60.7 Å². The molecule has 0 aliphatic carbocycles. The van der Waals surface area contributed by atoms with Gasteiger partial charge in [-0.15, -0.1) is 0 Å². The highest BCUT2D eigenvalue weighted by Gasteiger charge is 2.56. The second-order valence-electron chi connectivity index (χ2n) is 10.3. The topological polar surface area (TPSA) is 227 Å². The summed E-state index contributed by atoms with van der Waals surface area (Å²) in [6.07, 6.45) is -4.55. The van der Waals surface area contributed by atoms with Gasteiger partial charge in [0.05, 0.1) is 6.61 Å². The predicted octanol–water partition coefficient (Wildman–Crippen LogP) is 2.87. The SMILES string of the molecule is C[C@H](NP(=O)(OCC1(N=[N+]=[N-])O[C@@H](n2ccc(=O)[nH]c2=O)[C@@H](O)[C@H]1O)Oc1cccc2ccccc12)C(=O)OCc1ccccc1. The van der Waals surface area contributed by atoms with E-state index in [2.05, 4.69) is 15.1 Å². The maximum atomic E-state index is 14.4. The second kappa shape index (κ2) is 13.7. The van der Waals surface area contributed by atoms with Gasteiger partial charge in [-0.05, 0) is 29.5 Å². The number of aromatic nitrogens is 2. The summed E-state index contributed by atoms with van der Waals surface area (Å²) in [4.78, 5) is 41.5. The van der Waals surface area contributed by atoms with Gasteiger partial charge in [-0.3, -0.25) is 23.7 Å². The van der Waals surface area contributed by atoms with E-state index in [-0.39, 0.29) is 12.4 Å². The molecular weight excluding hydrogens is 623 g/mol. The van der Waals surface area contributed by atoms with Crippen LogP contribution < -0.4 is 20.9 Å². The van der Waals surface area contributed by atoms with Crippen LogP contribution in [-0.2, 0) is 30.0 Å². The summed E-state index contributed by atoms with van der Waals surface area (Å²) in [5.74, 6) is -0.703. The molecule has 2 heterocycles. The Morgan fingerprint density at radius 2 is 1.85 bits per heavy atom. The van der Waals surface area contributed by atoms with Crippen molar-refractivity contribution in [1.82, 2.24) is 14.6 Å². The van der Waals surface area contributed by atoms with Gasteiger partial charge in [0.1, 0.15) is 30.6 Å². The zero-order valence-electron chi connectivity index (χ0n) is 24.2. The molecule has 0 saturated carbocycles. The summed E-state index contributed by atoms with van der Waals surface area (Å²) in [5, 5.41) is 29.0. The van der Waals surface area contributed by atoms with Crippen LogP contribution in [0.4, 0.5) is 0 Å². The first-order valence-corrected chi connectivity index (χ1v) is 15.4. The van der Waals surface area contributed by atoms with Crippen LogP contribution in [0.25, 0.3) is 21.2 Å². The number of H-pyrrole nitrogens is 1. The number of fused-ring (bicyclic) bond motifs is 1. The third-order valence-corrected chi connectivity index (χ3v) is 8.69. The molecule has 4 aromatic rings. The fraction of sp³-hybridized carbons (Fsp3) is 0.276. The number of aliphatic hydroxyl groups is 2. The van der Waals surface area contributed by atoms with E-state index in [4.69, 9.17) is 18.5 Å². The van der Waals surface area contributed by atoms with Crippen LogP contribution in [0, 0.1) is 0 Å². The van der Waals surface area contributed by atoms with Gasteiger partial charge in [0, 0.05) is 22.6 Å². The van der Waals surface area contributed by atoms with Crippen LogP contribution >= 0.6 is 7.75 Å². The molecule has 240 valence electrons. The molecular formula is C29H29N6O10P. The molecule has 0 bridgehead atoms. The average Bonchev–Trinajstić information content (AvgIpc) is 3.29. The van der Waals surface area contributed by atoms with Crippen molar-refractivity contribution >= 4 is 24.5 Å². The van der Waals surface area contributed by atoms with Crippen LogP contribution in [0.2, 0.25) is 0 Å². The molecule has 1 aliphatic heterocycles. The number of rotatable bonds is 12. The van der Waals surface area contributed by atoms with Gasteiger partial charge in [-0.1, -0.05) is 71.8 Å². The number of azide groups is 1. The number of esters is 1. The highest BCUT2D eigenvalue weighted by molar-refractivity contribution is 7.52. The van der Waals surface area contributed by atoms with Crippen molar-refractivity contribution in [1.29, 1.82) is 0 Å². The fourth-order valence-corrected chi connectivity index (χ4v) is 6.28. The van der Waals surface area contributed by atoms with E-state index in [0.29, 0.717) is 10.9 Å². The number of nitrogens with zero attached hydrogens (tertiary/aromatic N) is 4. The van der Waals surface area contributed by atoms with E-state index in [9.17, 15) is 34.7 Å². The number of aliphatic hydroxyl groups excluding tert-OH is 2. The van der Waals surface area contributed by atoms with Crippen molar-refractivity contribution in [2.45, 2.75) is 43.7 Å². The van der Waals surface area contributed by atoms with Crippen LogP contribution in [0.3, 0.4) is 0 Å². The van der Waals surface area contributed by atoms with E-state index >= 15 is 0 Å². The van der Waals surface area contributed by atoms with Gasteiger partial charge in [-0.25, -0.2) is 9.36 Å². The van der Waals surface area contributed by atoms with Gasteiger partial charge in [0.25, 0.3) is 5.56 Å². The Bertz CT molecular complexity index is 1930. The van der Waals surface area contributed by atoms with Crippen molar-refractivity contribution in [3.05, 3.63) is 122 Å². The molecule has 3 aromatic carbocycles. The molecule has 2 unspecified atom stereocenters. The van der Waals surface area contributed by atoms with Gasteiger partial charge >= 0.3 is 19.4 Å². The van der Waals surface area contributed by atoms with Crippen molar-refractivity contribution in [3.8, 4) is 5.75 Å². The summed E-state index contributed by atoms with van der Waals surface area (Å²) in [5.41, 5.74) is 5.88. The molecule has 0 spiro atoms. The van der Waals surface area contributed by atoms with Crippen molar-refractivity contribution in [2.75, 3.05) is 6.61 Å². The lowest BCUT2D eigenvalue weighted by Crippen LogP contribution is -2.45. The number of carbonyl (C=O) groups excluding carboxylic acids is 1. The zero-order chi connectivity index (χ0) is 32.9. The Morgan fingerprint density at radius 3 is 2.59 bits per heavy atom. The van der Waals surface area contributed by atoms with E-state index in [1.165, 1.54) is 13.0 Å². The standard InChI is InChI=1S/C29H29N6O10P/c1-18(27(39)42-16-19-8-3-2-4-9-19)32-46(41,45-22-13-7-11-20-10-5-6-12-21(20)22)43-17-29(33-34-30)25(38)24(37)26(44-29)35-15-14-23(36)31-28(35)40/h2-15,18,24-26,37-38H,16-17H2,1H3,(H,32,41)(H,31,36,40)/t18-,24-,25+,26+,29?,46?/m0/s1. The number of benzene rings is 3. The number of aromatic amines is 1. The largest absolute Gasteiger partial charge is 0.460 e. The third-order valence-electron chi connectivity index (χ3n) is 7.08. The van der Waals surface area contributed by atoms with Gasteiger partial charge in [0.2, 0.25) is 5.72 Å². The molecule has 0 amide bonds. The first-order valence-electron chi connectivity index (χ1n) is 13.9. The van der Waals surface area contributed by atoms with Crippen LogP contribution in [-0.4, -0.2) is 56.3 Å². The summed E-state index contributed by atoms with van der Waals surface area (Å²) >= 11 is 0. The molecule has 1 aromatic heterocycles.